The van der Waals surface area contributed by atoms with Crippen molar-refractivity contribution in [2.24, 2.45) is 0 Å². The molecule has 0 radical (unpaired) electrons. The molecule has 5 unspecified atom stereocenters. The maximum Gasteiger partial charge on any atom is 0.321 e. The average molecular weight is 543 g/mol. The van der Waals surface area contributed by atoms with E-state index in [0.29, 0.717) is 37.0 Å². The Kier molecular flexibility index (Phi) is 6.74. The van der Waals surface area contributed by atoms with Gasteiger partial charge in [0.2, 0.25) is 0 Å². The number of hydrogen-bond donors (Lipinski definition) is 0. The van der Waals surface area contributed by atoms with Gasteiger partial charge in [0, 0.05) is 24.2 Å². The summed E-state index contributed by atoms with van der Waals surface area (Å²) < 4.78 is 12.7. The first-order valence-corrected chi connectivity index (χ1v) is 15.4. The van der Waals surface area contributed by atoms with Gasteiger partial charge >= 0.3 is 11.9 Å². The van der Waals surface area contributed by atoms with Crippen molar-refractivity contribution < 1.29 is 19.1 Å². The molecule has 4 saturated heterocycles. The van der Waals surface area contributed by atoms with Gasteiger partial charge in [0.15, 0.2) is 0 Å². The first-order chi connectivity index (χ1) is 19.4. The molecule has 0 spiro atoms. The Morgan fingerprint density at radius 1 is 0.700 bits per heavy atom. The molecule has 2 aromatic carbocycles. The summed E-state index contributed by atoms with van der Waals surface area (Å²) in [5, 5.41) is 0. The highest BCUT2D eigenvalue weighted by Crippen LogP contribution is 2.49. The molecule has 6 heteroatoms. The molecule has 7 rings (SSSR count). The third-order valence-electron chi connectivity index (χ3n) is 11.2. The van der Waals surface area contributed by atoms with Gasteiger partial charge in [-0.25, -0.2) is 0 Å². The topological polar surface area (TPSA) is 59.1 Å². The monoisotopic (exact) mass is 542 g/mol. The fraction of sp³-hybridized carbons (Fsp3) is 0.588. The van der Waals surface area contributed by atoms with Crippen molar-refractivity contribution in [2.45, 2.75) is 112 Å². The lowest BCUT2D eigenvalue weighted by molar-refractivity contribution is -0.160. The van der Waals surface area contributed by atoms with Crippen LogP contribution in [0.5, 0.6) is 0 Å². The van der Waals surface area contributed by atoms with Crippen LogP contribution in [0.15, 0.2) is 54.6 Å². The second-order valence-corrected chi connectivity index (χ2v) is 13.1. The van der Waals surface area contributed by atoms with Crippen LogP contribution in [0.1, 0.15) is 86.8 Å². The van der Waals surface area contributed by atoms with Gasteiger partial charge in [-0.1, -0.05) is 54.6 Å². The predicted octanol–water partition coefficient (Wildman–Crippen LogP) is 5.19. The van der Waals surface area contributed by atoms with Gasteiger partial charge in [-0.15, -0.1) is 0 Å². The predicted molar refractivity (Wildman–Crippen MR) is 153 cm³/mol. The van der Waals surface area contributed by atoms with Crippen LogP contribution in [-0.2, 0) is 24.5 Å². The van der Waals surface area contributed by atoms with Crippen molar-refractivity contribution >= 4 is 11.9 Å². The Hall–Kier alpha value is -2.70. The van der Waals surface area contributed by atoms with Crippen LogP contribution in [0.25, 0.3) is 0 Å². The molecular formula is C34H42N2O4. The Morgan fingerprint density at radius 3 is 1.82 bits per heavy atom. The third kappa shape index (κ3) is 4.30. The van der Waals surface area contributed by atoms with E-state index in [4.69, 9.17) is 9.47 Å². The van der Waals surface area contributed by atoms with E-state index in [0.717, 1.165) is 42.4 Å². The van der Waals surface area contributed by atoms with E-state index in [9.17, 15) is 9.59 Å². The van der Waals surface area contributed by atoms with Gasteiger partial charge in [-0.2, -0.15) is 0 Å². The molecular weight excluding hydrogens is 500 g/mol. The summed E-state index contributed by atoms with van der Waals surface area (Å²) in [4.78, 5) is 33.1. The minimum absolute atomic E-state index is 0.0149. The molecule has 6 atom stereocenters. The summed E-state index contributed by atoms with van der Waals surface area (Å²) in [5.74, 6) is -0.667. The fourth-order valence-electron chi connectivity index (χ4n) is 8.85. The van der Waals surface area contributed by atoms with Crippen molar-refractivity contribution in [3.63, 3.8) is 0 Å². The standard InChI is InChI=1S/C34H42N2O4/c1-35-23-12-13-24(35)19-27(18-23)39-32(37)30-16-17-34(22-8-4-3-5-9-22,31-11-7-6-10-29(30)31)33(38)40-28-20-25-14-15-26(21-28)36(25)2/h3-11,23-28,30H,12-21H2,1-2H3/t23?,24?,25?,26?,27?,28?,30-,34?/m1/s1. The van der Waals surface area contributed by atoms with Crippen LogP contribution in [0.4, 0.5) is 0 Å². The number of piperidine rings is 2. The van der Waals surface area contributed by atoms with Gasteiger partial charge in [0.1, 0.15) is 17.6 Å². The minimum atomic E-state index is -0.927. The Morgan fingerprint density at radius 2 is 1.23 bits per heavy atom. The van der Waals surface area contributed by atoms with Crippen LogP contribution < -0.4 is 0 Å². The Labute approximate surface area is 238 Å². The number of nitrogens with zero attached hydrogens (tertiary/aromatic N) is 2. The molecule has 4 fully saturated rings. The number of rotatable bonds is 5. The van der Waals surface area contributed by atoms with Crippen LogP contribution in [0.3, 0.4) is 0 Å². The Balaban J connectivity index is 1.18. The number of hydrogen-bond acceptors (Lipinski definition) is 6. The van der Waals surface area contributed by atoms with E-state index in [2.05, 4.69) is 23.9 Å². The first kappa shape index (κ1) is 26.2. The van der Waals surface area contributed by atoms with Crippen molar-refractivity contribution in [2.75, 3.05) is 14.1 Å². The quantitative estimate of drug-likeness (QED) is 0.485. The largest absolute Gasteiger partial charge is 0.462 e. The van der Waals surface area contributed by atoms with E-state index in [1.54, 1.807) is 0 Å². The highest BCUT2D eigenvalue weighted by Gasteiger charge is 2.52. The van der Waals surface area contributed by atoms with Gasteiger partial charge < -0.3 is 19.3 Å². The van der Waals surface area contributed by atoms with Crippen molar-refractivity contribution in [3.8, 4) is 0 Å². The zero-order valence-electron chi connectivity index (χ0n) is 23.8. The summed E-state index contributed by atoms with van der Waals surface area (Å²) in [6.45, 7) is 0. The van der Waals surface area contributed by atoms with Gasteiger partial charge in [-0.3, -0.25) is 9.59 Å². The molecule has 2 aromatic rings. The maximum absolute atomic E-state index is 14.4. The number of fused-ring (bicyclic) bond motifs is 5. The number of esters is 2. The summed E-state index contributed by atoms with van der Waals surface area (Å²) in [5.41, 5.74) is 1.84. The molecule has 0 aromatic heterocycles. The number of ether oxygens (including phenoxy) is 2. The number of benzene rings is 2. The van der Waals surface area contributed by atoms with Crippen molar-refractivity contribution in [1.29, 1.82) is 0 Å². The zero-order valence-corrected chi connectivity index (χ0v) is 23.8. The number of carbonyl (C=O) groups excluding carboxylic acids is 2. The van der Waals surface area contributed by atoms with Crippen LogP contribution in [0, 0.1) is 0 Å². The third-order valence-corrected chi connectivity index (χ3v) is 11.2. The molecule has 0 N–H and O–H groups in total. The maximum atomic E-state index is 14.4. The summed E-state index contributed by atoms with van der Waals surface area (Å²) in [6.07, 6.45) is 9.44. The average Bonchev–Trinajstić information content (AvgIpc) is 3.28. The molecule has 40 heavy (non-hydrogen) atoms. The summed E-state index contributed by atoms with van der Waals surface area (Å²) in [7, 11) is 4.41. The van der Waals surface area contributed by atoms with E-state index < -0.39 is 5.41 Å². The highest BCUT2D eigenvalue weighted by atomic mass is 16.5. The molecule has 5 aliphatic rings. The van der Waals surface area contributed by atoms with Crippen LogP contribution >= 0.6 is 0 Å². The second-order valence-electron chi connectivity index (χ2n) is 13.1. The molecule has 4 heterocycles. The summed E-state index contributed by atoms with van der Waals surface area (Å²) >= 11 is 0. The lowest BCUT2D eigenvalue weighted by Gasteiger charge is -2.42. The molecule has 4 bridgehead atoms. The molecule has 212 valence electrons. The fourth-order valence-corrected chi connectivity index (χ4v) is 8.85. The molecule has 0 amide bonds. The molecule has 1 aliphatic carbocycles. The molecule has 4 aliphatic heterocycles. The van der Waals surface area contributed by atoms with Gasteiger partial charge in [0.25, 0.3) is 0 Å². The van der Waals surface area contributed by atoms with E-state index >= 15 is 0 Å². The highest BCUT2D eigenvalue weighted by molar-refractivity contribution is 5.91. The normalized spacial score (nSPS) is 37.1. The Bertz CT molecular complexity index is 1240. The van der Waals surface area contributed by atoms with Gasteiger partial charge in [0.05, 0.1) is 5.92 Å². The smallest absolute Gasteiger partial charge is 0.321 e. The minimum Gasteiger partial charge on any atom is -0.462 e. The summed E-state index contributed by atoms with van der Waals surface area (Å²) in [6, 6.07) is 20.1. The second kappa shape index (κ2) is 10.3. The molecule has 6 nitrogen and oxygen atoms in total. The van der Waals surface area contributed by atoms with E-state index in [-0.39, 0.29) is 30.1 Å². The van der Waals surface area contributed by atoms with Crippen molar-refractivity contribution in [3.05, 3.63) is 71.3 Å². The van der Waals surface area contributed by atoms with Crippen LogP contribution in [-0.4, -0.2) is 72.2 Å². The lowest BCUT2D eigenvalue weighted by atomic mass is 9.63. The van der Waals surface area contributed by atoms with E-state index in [1.807, 2.05) is 54.6 Å². The zero-order chi connectivity index (χ0) is 27.4. The van der Waals surface area contributed by atoms with Crippen LogP contribution in [0.2, 0.25) is 0 Å². The SMILES string of the molecule is CN1C2CCC1CC(OC(=O)[C@@H]1CCC(C(=O)OC3CC4CCC(C3)N4C)(c3ccccc3)c3ccccc31)C2. The first-order valence-electron chi connectivity index (χ1n) is 15.4. The molecule has 0 saturated carbocycles. The van der Waals surface area contributed by atoms with Gasteiger partial charge in [-0.05, 0) is 95.0 Å². The van der Waals surface area contributed by atoms with Crippen molar-refractivity contribution in [1.82, 2.24) is 9.80 Å². The van der Waals surface area contributed by atoms with E-state index in [1.165, 1.54) is 25.7 Å². The number of carbonyl (C=O) groups is 2. The lowest BCUT2D eigenvalue weighted by Crippen LogP contribution is -2.48.